The van der Waals surface area contributed by atoms with Crippen LogP contribution in [0, 0.1) is 5.41 Å². The van der Waals surface area contributed by atoms with E-state index in [1.807, 2.05) is 6.92 Å². The Labute approximate surface area is 137 Å². The van der Waals surface area contributed by atoms with Crippen molar-refractivity contribution in [2.45, 2.75) is 13.3 Å². The van der Waals surface area contributed by atoms with Gasteiger partial charge < -0.3 is 25.1 Å². The maximum Gasteiger partial charge on any atom is 0.246 e. The van der Waals surface area contributed by atoms with Crippen molar-refractivity contribution in [1.29, 1.82) is 0 Å². The van der Waals surface area contributed by atoms with Crippen LogP contribution in [0.3, 0.4) is 0 Å². The molecule has 0 bridgehead atoms. The van der Waals surface area contributed by atoms with Gasteiger partial charge in [-0.3, -0.25) is 9.59 Å². The third kappa shape index (κ3) is 6.52. The highest BCUT2D eigenvalue weighted by Crippen LogP contribution is 2.18. The lowest BCUT2D eigenvalue weighted by Crippen LogP contribution is -2.49. The van der Waals surface area contributed by atoms with Crippen LogP contribution >= 0.6 is 0 Å². The van der Waals surface area contributed by atoms with Crippen molar-refractivity contribution in [3.63, 3.8) is 0 Å². The second-order valence-corrected chi connectivity index (χ2v) is 5.39. The molecule has 1 aliphatic heterocycles. The lowest BCUT2D eigenvalue weighted by Gasteiger charge is -2.33. The molecular formula is C16H28N2O5. The Morgan fingerprint density at radius 1 is 0.913 bits per heavy atom. The standard InChI is InChI=1S/C10H14N2O2.C6H14O3/c1-3-9(13)11-5-7-12(8-6-11)10(14)4-2;1-2-6(3-7,4-8)5-9/h3-4H,1-2,5-8H2;7-9H,2-5H2,1H3. The molecule has 23 heavy (non-hydrogen) atoms. The zero-order valence-electron chi connectivity index (χ0n) is 13.8. The summed E-state index contributed by atoms with van der Waals surface area (Å²) in [5.74, 6) is -0.147. The number of rotatable bonds is 6. The number of piperazine rings is 1. The number of carbonyl (C=O) groups is 2. The Morgan fingerprint density at radius 2 is 1.22 bits per heavy atom. The average molecular weight is 328 g/mol. The smallest absolute Gasteiger partial charge is 0.246 e. The van der Waals surface area contributed by atoms with Crippen molar-refractivity contribution in [1.82, 2.24) is 9.80 Å². The Morgan fingerprint density at radius 3 is 1.35 bits per heavy atom. The van der Waals surface area contributed by atoms with Crippen LogP contribution in [-0.4, -0.2) is 82.9 Å². The molecule has 7 nitrogen and oxygen atoms in total. The van der Waals surface area contributed by atoms with Gasteiger partial charge in [0.25, 0.3) is 0 Å². The highest BCUT2D eigenvalue weighted by Gasteiger charge is 2.25. The van der Waals surface area contributed by atoms with E-state index in [1.165, 1.54) is 12.2 Å². The van der Waals surface area contributed by atoms with Crippen molar-refractivity contribution in [3.05, 3.63) is 25.3 Å². The van der Waals surface area contributed by atoms with E-state index in [0.29, 0.717) is 32.6 Å². The number of carbonyl (C=O) groups excluding carboxylic acids is 2. The van der Waals surface area contributed by atoms with E-state index in [9.17, 15) is 9.59 Å². The van der Waals surface area contributed by atoms with Crippen LogP contribution < -0.4 is 0 Å². The normalized spacial score (nSPS) is 14.6. The third-order valence-electron chi connectivity index (χ3n) is 4.01. The topological polar surface area (TPSA) is 101 Å². The molecule has 3 N–H and O–H groups in total. The lowest BCUT2D eigenvalue weighted by molar-refractivity contribution is -0.134. The maximum absolute atomic E-state index is 11.2. The molecular weight excluding hydrogens is 300 g/mol. The summed E-state index contributed by atoms with van der Waals surface area (Å²) in [6.45, 7) is 10.5. The Bertz CT molecular complexity index is 354. The van der Waals surface area contributed by atoms with Crippen molar-refractivity contribution >= 4 is 11.8 Å². The van der Waals surface area contributed by atoms with E-state index in [4.69, 9.17) is 15.3 Å². The molecule has 0 aromatic carbocycles. The summed E-state index contributed by atoms with van der Waals surface area (Å²) in [5, 5.41) is 26.0. The third-order valence-corrected chi connectivity index (χ3v) is 4.01. The van der Waals surface area contributed by atoms with Crippen LogP contribution in [0.25, 0.3) is 0 Å². The molecule has 0 atom stereocenters. The van der Waals surface area contributed by atoms with Gasteiger partial charge in [0.2, 0.25) is 11.8 Å². The molecule has 1 heterocycles. The fourth-order valence-electron chi connectivity index (χ4n) is 1.89. The first-order chi connectivity index (χ1) is 10.9. The Balaban J connectivity index is 0.000000468. The van der Waals surface area contributed by atoms with Gasteiger partial charge in [0.15, 0.2) is 0 Å². The van der Waals surface area contributed by atoms with Crippen LogP contribution in [0.5, 0.6) is 0 Å². The number of aliphatic hydroxyl groups is 3. The van der Waals surface area contributed by atoms with Crippen LogP contribution in [0.4, 0.5) is 0 Å². The zero-order valence-corrected chi connectivity index (χ0v) is 13.8. The van der Waals surface area contributed by atoms with Gasteiger partial charge in [-0.2, -0.15) is 0 Å². The molecule has 1 rings (SSSR count). The van der Waals surface area contributed by atoms with Crippen molar-refractivity contribution in [3.8, 4) is 0 Å². The first kappa shape index (κ1) is 21.3. The van der Waals surface area contributed by atoms with E-state index in [1.54, 1.807) is 9.80 Å². The van der Waals surface area contributed by atoms with E-state index in [-0.39, 0.29) is 31.6 Å². The maximum atomic E-state index is 11.2. The molecule has 1 aliphatic rings. The quantitative estimate of drug-likeness (QED) is 0.565. The number of nitrogens with zero attached hydrogens (tertiary/aromatic N) is 2. The highest BCUT2D eigenvalue weighted by molar-refractivity contribution is 5.88. The summed E-state index contributed by atoms with van der Waals surface area (Å²) in [4.78, 5) is 25.8. The van der Waals surface area contributed by atoms with Gasteiger partial charge in [0.1, 0.15) is 0 Å². The number of aliphatic hydroxyl groups excluding tert-OH is 3. The van der Waals surface area contributed by atoms with Crippen molar-refractivity contribution < 1.29 is 24.9 Å². The molecule has 0 spiro atoms. The first-order valence-electron chi connectivity index (χ1n) is 7.58. The van der Waals surface area contributed by atoms with Gasteiger partial charge in [0.05, 0.1) is 19.8 Å². The van der Waals surface area contributed by atoms with Gasteiger partial charge in [-0.05, 0) is 18.6 Å². The van der Waals surface area contributed by atoms with Crippen LogP contribution in [0.15, 0.2) is 25.3 Å². The molecule has 1 fully saturated rings. The molecule has 0 aliphatic carbocycles. The predicted molar refractivity (Wildman–Crippen MR) is 87.5 cm³/mol. The largest absolute Gasteiger partial charge is 0.396 e. The molecule has 0 aromatic heterocycles. The molecule has 1 saturated heterocycles. The number of hydrogen-bond donors (Lipinski definition) is 3. The van der Waals surface area contributed by atoms with Crippen molar-refractivity contribution in [2.75, 3.05) is 46.0 Å². The average Bonchev–Trinajstić information content (AvgIpc) is 2.63. The van der Waals surface area contributed by atoms with Gasteiger partial charge in [-0.25, -0.2) is 0 Å². The van der Waals surface area contributed by atoms with Gasteiger partial charge in [0, 0.05) is 31.6 Å². The summed E-state index contributed by atoms with van der Waals surface area (Å²) >= 11 is 0. The summed E-state index contributed by atoms with van der Waals surface area (Å²) < 4.78 is 0. The molecule has 0 radical (unpaired) electrons. The predicted octanol–water partition coefficient (Wildman–Crippen LogP) is -0.611. The molecule has 2 amide bonds. The van der Waals surface area contributed by atoms with Crippen LogP contribution in [-0.2, 0) is 9.59 Å². The minimum Gasteiger partial charge on any atom is -0.396 e. The fourth-order valence-corrected chi connectivity index (χ4v) is 1.89. The van der Waals surface area contributed by atoms with E-state index >= 15 is 0 Å². The molecule has 0 unspecified atom stereocenters. The number of amides is 2. The van der Waals surface area contributed by atoms with Gasteiger partial charge in [-0.15, -0.1) is 0 Å². The fraction of sp³-hybridized carbons (Fsp3) is 0.625. The molecule has 0 aromatic rings. The minimum absolute atomic E-state index is 0.0734. The summed E-state index contributed by atoms with van der Waals surface area (Å²) in [5.41, 5.74) is -0.667. The summed E-state index contributed by atoms with van der Waals surface area (Å²) in [6, 6.07) is 0. The second-order valence-electron chi connectivity index (χ2n) is 5.39. The van der Waals surface area contributed by atoms with Crippen molar-refractivity contribution in [2.24, 2.45) is 5.41 Å². The monoisotopic (exact) mass is 328 g/mol. The zero-order chi connectivity index (χ0) is 17.9. The Hall–Kier alpha value is -1.70. The minimum atomic E-state index is -0.667. The SMILES string of the molecule is C=CC(=O)N1CCN(C(=O)C=C)CC1.CCC(CO)(CO)CO. The highest BCUT2D eigenvalue weighted by atomic mass is 16.3. The summed E-state index contributed by atoms with van der Waals surface area (Å²) in [6.07, 6.45) is 3.19. The second kappa shape index (κ2) is 10.9. The van der Waals surface area contributed by atoms with Crippen LogP contribution in [0.2, 0.25) is 0 Å². The van der Waals surface area contributed by atoms with E-state index in [0.717, 1.165) is 0 Å². The van der Waals surface area contributed by atoms with Gasteiger partial charge in [-0.1, -0.05) is 20.1 Å². The van der Waals surface area contributed by atoms with Crippen LogP contribution in [0.1, 0.15) is 13.3 Å². The lowest BCUT2D eigenvalue weighted by atomic mass is 9.88. The Kier molecular flexibility index (Phi) is 10.1. The first-order valence-corrected chi connectivity index (χ1v) is 7.58. The number of hydrogen-bond acceptors (Lipinski definition) is 5. The van der Waals surface area contributed by atoms with E-state index < -0.39 is 5.41 Å². The summed E-state index contributed by atoms with van der Waals surface area (Å²) in [7, 11) is 0. The molecule has 0 saturated carbocycles. The molecule has 7 heteroatoms. The van der Waals surface area contributed by atoms with Gasteiger partial charge >= 0.3 is 0 Å². The molecule has 132 valence electrons. The van der Waals surface area contributed by atoms with E-state index in [2.05, 4.69) is 13.2 Å².